The van der Waals surface area contributed by atoms with E-state index >= 15 is 0 Å². The van der Waals surface area contributed by atoms with Crippen LogP contribution >= 0.6 is 0 Å². The van der Waals surface area contributed by atoms with Crippen molar-refractivity contribution in [2.24, 2.45) is 0 Å². The van der Waals surface area contributed by atoms with Gasteiger partial charge in [-0.3, -0.25) is 0 Å². The molecule has 8 N–H and O–H groups in total. The molecule has 1 amide bonds. The van der Waals surface area contributed by atoms with Gasteiger partial charge in [-0.15, -0.1) is 0 Å². The first-order chi connectivity index (χ1) is 13.7. The van der Waals surface area contributed by atoms with Crippen molar-refractivity contribution in [1.82, 2.24) is 5.32 Å². The van der Waals surface area contributed by atoms with E-state index in [4.69, 9.17) is 18.9 Å². The van der Waals surface area contributed by atoms with Gasteiger partial charge in [0, 0.05) is 0 Å². The summed E-state index contributed by atoms with van der Waals surface area (Å²) < 4.78 is 20.5. The Bertz CT molecular complexity index is 548. The van der Waals surface area contributed by atoms with E-state index in [1.54, 1.807) is 0 Å². The Labute approximate surface area is 165 Å². The second-order valence-electron chi connectivity index (χ2n) is 6.59. The fourth-order valence-electron chi connectivity index (χ4n) is 3.05. The van der Waals surface area contributed by atoms with Crippen molar-refractivity contribution in [2.45, 2.75) is 61.3 Å². The minimum Gasteiger partial charge on any atom is -0.445 e. The monoisotopic (exact) mass is 425 g/mol. The number of nitrogens with one attached hydrogen (secondary N) is 1. The molecule has 0 radical (unpaired) electrons. The maximum Gasteiger partial charge on any atom is 0.407 e. The van der Waals surface area contributed by atoms with Crippen molar-refractivity contribution in [3.05, 3.63) is 12.7 Å². The molecule has 0 aromatic heterocycles. The van der Waals surface area contributed by atoms with Gasteiger partial charge >= 0.3 is 6.09 Å². The predicted octanol–water partition coefficient (Wildman–Crippen LogP) is -4.48. The largest absolute Gasteiger partial charge is 0.445 e. The highest BCUT2D eigenvalue weighted by Gasteiger charge is 2.50. The van der Waals surface area contributed by atoms with Crippen LogP contribution in [0.5, 0.6) is 0 Å². The number of alkyl carbamates (subject to hydrolysis) is 1. The Balaban J connectivity index is 2.13. The lowest BCUT2D eigenvalue weighted by molar-refractivity contribution is -0.345. The first-order valence-electron chi connectivity index (χ1n) is 8.87. The molecule has 0 saturated carbocycles. The Kier molecular flexibility index (Phi) is 8.72. The molecule has 0 spiro atoms. The summed E-state index contributed by atoms with van der Waals surface area (Å²) in [5, 5.41) is 71.2. The zero-order valence-electron chi connectivity index (χ0n) is 15.4. The molecule has 2 aliphatic rings. The van der Waals surface area contributed by atoms with Crippen LogP contribution in [-0.2, 0) is 18.9 Å². The van der Waals surface area contributed by atoms with E-state index in [1.165, 1.54) is 6.08 Å². The number of aliphatic hydroxyl groups excluding tert-OH is 7. The Hall–Kier alpha value is -1.39. The minimum absolute atomic E-state index is 0.129. The number of ether oxygens (including phenoxy) is 4. The lowest BCUT2D eigenvalue weighted by atomic mass is 9.95. The quantitative estimate of drug-likeness (QED) is 0.182. The minimum atomic E-state index is -1.77. The van der Waals surface area contributed by atoms with Crippen LogP contribution in [-0.4, -0.2) is 123 Å². The van der Waals surface area contributed by atoms with Gasteiger partial charge in [0.15, 0.2) is 12.6 Å². The van der Waals surface area contributed by atoms with Gasteiger partial charge < -0.3 is 60.0 Å². The SMILES string of the molecule is C=CCOC(=O)N[C@@H]1[C@H](O)[C@H](O[C@H]2O[C@@H](CO)[C@H](O)[C@@H](O)[C@H]2O)[C@H](CO)O[C@H]1O. The molecule has 0 aromatic carbocycles. The topological polar surface area (TPSA) is 208 Å². The van der Waals surface area contributed by atoms with Gasteiger partial charge in [0.25, 0.3) is 0 Å². The van der Waals surface area contributed by atoms with Crippen LogP contribution in [0.1, 0.15) is 0 Å². The van der Waals surface area contributed by atoms with Gasteiger partial charge in [-0.25, -0.2) is 4.79 Å². The van der Waals surface area contributed by atoms with Crippen molar-refractivity contribution in [1.29, 1.82) is 0 Å². The van der Waals surface area contributed by atoms with Crippen LogP contribution in [0.4, 0.5) is 4.79 Å². The third-order valence-corrected chi connectivity index (χ3v) is 4.63. The normalized spacial score (nSPS) is 42.9. The van der Waals surface area contributed by atoms with E-state index in [1.807, 2.05) is 0 Å². The smallest absolute Gasteiger partial charge is 0.407 e. The van der Waals surface area contributed by atoms with E-state index in [0.29, 0.717) is 0 Å². The van der Waals surface area contributed by atoms with Crippen LogP contribution in [0, 0.1) is 0 Å². The summed E-state index contributed by atoms with van der Waals surface area (Å²) in [6, 6.07) is -1.44. The molecule has 0 aromatic rings. The van der Waals surface area contributed by atoms with Gasteiger partial charge in [0.2, 0.25) is 0 Å². The number of rotatable bonds is 7. The average Bonchev–Trinajstić information content (AvgIpc) is 2.71. The summed E-state index contributed by atoms with van der Waals surface area (Å²) >= 11 is 0. The lowest BCUT2D eigenvalue weighted by Crippen LogP contribution is -2.67. The summed E-state index contributed by atoms with van der Waals surface area (Å²) in [6.07, 6.45) is -13.8. The van der Waals surface area contributed by atoms with Crippen molar-refractivity contribution in [3.8, 4) is 0 Å². The summed E-state index contributed by atoms with van der Waals surface area (Å²) in [6.45, 7) is 1.82. The molecule has 2 aliphatic heterocycles. The van der Waals surface area contributed by atoms with Crippen LogP contribution in [0.15, 0.2) is 12.7 Å². The zero-order valence-corrected chi connectivity index (χ0v) is 15.4. The molecule has 13 nitrogen and oxygen atoms in total. The highest BCUT2D eigenvalue weighted by atomic mass is 16.7. The first-order valence-corrected chi connectivity index (χ1v) is 8.87. The second kappa shape index (κ2) is 10.6. The Morgan fingerprint density at radius 1 is 0.966 bits per heavy atom. The summed E-state index contributed by atoms with van der Waals surface area (Å²) in [5.41, 5.74) is 0. The molecule has 10 atom stereocenters. The summed E-state index contributed by atoms with van der Waals surface area (Å²) in [7, 11) is 0. The van der Waals surface area contributed by atoms with Crippen molar-refractivity contribution < 1.29 is 59.5 Å². The zero-order chi connectivity index (χ0) is 21.7. The van der Waals surface area contributed by atoms with E-state index in [9.17, 15) is 40.5 Å². The number of hydrogen-bond acceptors (Lipinski definition) is 12. The van der Waals surface area contributed by atoms with E-state index in [2.05, 4.69) is 11.9 Å². The lowest BCUT2D eigenvalue weighted by Gasteiger charge is -2.46. The van der Waals surface area contributed by atoms with Gasteiger partial charge in [-0.1, -0.05) is 12.7 Å². The van der Waals surface area contributed by atoms with Crippen molar-refractivity contribution in [3.63, 3.8) is 0 Å². The predicted molar refractivity (Wildman–Crippen MR) is 91.1 cm³/mol. The van der Waals surface area contributed by atoms with E-state index in [0.717, 1.165) is 0 Å². The first kappa shape index (κ1) is 23.9. The number of carbonyl (C=O) groups excluding carboxylic acids is 1. The van der Waals surface area contributed by atoms with Crippen LogP contribution in [0.2, 0.25) is 0 Å². The third kappa shape index (κ3) is 5.40. The number of hydrogen-bond donors (Lipinski definition) is 8. The van der Waals surface area contributed by atoms with Gasteiger partial charge in [-0.2, -0.15) is 0 Å². The van der Waals surface area contributed by atoms with Crippen LogP contribution in [0.25, 0.3) is 0 Å². The van der Waals surface area contributed by atoms with Crippen molar-refractivity contribution >= 4 is 6.09 Å². The average molecular weight is 425 g/mol. The third-order valence-electron chi connectivity index (χ3n) is 4.63. The molecular weight excluding hydrogens is 398 g/mol. The highest BCUT2D eigenvalue weighted by Crippen LogP contribution is 2.28. The standard InChI is InChI=1S/C16H27NO12/c1-2-3-26-16(25)17-8-10(21)13(7(5-19)27-14(8)24)29-15-12(23)11(22)9(20)6(4-18)28-15/h2,6-15,18-24H,1,3-5H2,(H,17,25)/t6-,7-,8+,9-,10-,11+,12+,13+,14+,15+/m0/s1. The fourth-order valence-corrected chi connectivity index (χ4v) is 3.05. The maximum absolute atomic E-state index is 11.7. The maximum atomic E-state index is 11.7. The molecule has 2 heterocycles. The Morgan fingerprint density at radius 2 is 1.62 bits per heavy atom. The van der Waals surface area contributed by atoms with Gasteiger partial charge in [0.05, 0.1) is 13.2 Å². The molecule has 168 valence electrons. The number of amides is 1. The molecule has 2 saturated heterocycles. The molecule has 0 aliphatic carbocycles. The highest BCUT2D eigenvalue weighted by molar-refractivity contribution is 5.67. The molecule has 0 unspecified atom stereocenters. The summed E-state index contributed by atoms with van der Waals surface area (Å²) in [4.78, 5) is 11.7. The van der Waals surface area contributed by atoms with Gasteiger partial charge in [-0.05, 0) is 0 Å². The van der Waals surface area contributed by atoms with E-state index < -0.39 is 80.7 Å². The van der Waals surface area contributed by atoms with Crippen LogP contribution < -0.4 is 5.32 Å². The number of carbonyl (C=O) groups is 1. The fraction of sp³-hybridized carbons (Fsp3) is 0.812. The molecule has 2 rings (SSSR count). The number of aliphatic hydroxyl groups is 7. The van der Waals surface area contributed by atoms with Crippen LogP contribution in [0.3, 0.4) is 0 Å². The molecule has 13 heteroatoms. The van der Waals surface area contributed by atoms with E-state index in [-0.39, 0.29) is 6.61 Å². The second-order valence-corrected chi connectivity index (χ2v) is 6.59. The molecule has 2 fully saturated rings. The molecule has 29 heavy (non-hydrogen) atoms. The molecular formula is C16H27NO12. The molecule has 0 bridgehead atoms. The van der Waals surface area contributed by atoms with Crippen molar-refractivity contribution in [2.75, 3.05) is 19.8 Å². The van der Waals surface area contributed by atoms with Gasteiger partial charge in [0.1, 0.15) is 55.4 Å². The Morgan fingerprint density at radius 3 is 2.21 bits per heavy atom. The summed E-state index contributed by atoms with van der Waals surface area (Å²) in [5.74, 6) is 0.